The lowest BCUT2D eigenvalue weighted by atomic mass is 10.1. The summed E-state index contributed by atoms with van der Waals surface area (Å²) in [5, 5.41) is 6.47. The Labute approximate surface area is 113 Å². The minimum Gasteiger partial charge on any atom is -0.345 e. The summed E-state index contributed by atoms with van der Waals surface area (Å²) in [7, 11) is -3.74. The van der Waals surface area contributed by atoms with E-state index in [1.807, 2.05) is 0 Å². The first kappa shape index (κ1) is 16.7. The van der Waals surface area contributed by atoms with Crippen molar-refractivity contribution < 1.29 is 31.2 Å². The quantitative estimate of drug-likeness (QED) is 0.664. The monoisotopic (exact) mass is 317 g/mol. The standard InChI is InChI=1S/C9H14F3N3O4S/c10-9(11,12)5-14-7(16)3-15-2-6(1-8(15)17)4-20(13,18)19/h6H,1-5H2,(H,14,16)(H2,13,18,19). The summed E-state index contributed by atoms with van der Waals surface area (Å²) in [4.78, 5) is 23.7. The molecule has 0 aromatic carbocycles. The SMILES string of the molecule is NS(=O)(=O)CC1CC(=O)N(CC(=O)NCC(F)(F)F)C1. The van der Waals surface area contributed by atoms with Gasteiger partial charge in [-0.2, -0.15) is 13.2 Å². The Morgan fingerprint density at radius 3 is 2.55 bits per heavy atom. The van der Waals surface area contributed by atoms with Crippen LogP contribution in [0.4, 0.5) is 13.2 Å². The van der Waals surface area contributed by atoms with E-state index in [4.69, 9.17) is 5.14 Å². The molecular formula is C9H14F3N3O4S. The van der Waals surface area contributed by atoms with Crippen LogP contribution in [0.1, 0.15) is 6.42 Å². The maximum atomic E-state index is 11.9. The van der Waals surface area contributed by atoms with Gasteiger partial charge in [-0.15, -0.1) is 0 Å². The zero-order chi connectivity index (χ0) is 15.6. The zero-order valence-electron chi connectivity index (χ0n) is 10.3. The van der Waals surface area contributed by atoms with Gasteiger partial charge in [0.2, 0.25) is 21.8 Å². The maximum Gasteiger partial charge on any atom is 0.405 e. The van der Waals surface area contributed by atoms with Crippen molar-refractivity contribution in [2.45, 2.75) is 12.6 Å². The lowest BCUT2D eigenvalue weighted by Gasteiger charge is -2.16. The fourth-order valence-electron chi connectivity index (χ4n) is 1.88. The number of likely N-dealkylation sites (tertiary alicyclic amines) is 1. The highest BCUT2D eigenvalue weighted by molar-refractivity contribution is 7.89. The number of hydrogen-bond donors (Lipinski definition) is 2. The molecule has 0 aromatic rings. The summed E-state index contributed by atoms with van der Waals surface area (Å²) >= 11 is 0. The first-order valence-corrected chi connectivity index (χ1v) is 7.29. The summed E-state index contributed by atoms with van der Waals surface area (Å²) in [5.41, 5.74) is 0. The second kappa shape index (κ2) is 5.95. The Morgan fingerprint density at radius 1 is 1.45 bits per heavy atom. The van der Waals surface area contributed by atoms with E-state index in [1.165, 1.54) is 0 Å². The molecule has 20 heavy (non-hydrogen) atoms. The van der Waals surface area contributed by atoms with Gasteiger partial charge in [-0.3, -0.25) is 9.59 Å². The molecule has 1 unspecified atom stereocenters. The average molecular weight is 317 g/mol. The van der Waals surface area contributed by atoms with Gasteiger partial charge in [0, 0.05) is 18.9 Å². The molecule has 2 amide bonds. The molecule has 1 fully saturated rings. The molecule has 0 aromatic heterocycles. The molecule has 1 aliphatic heterocycles. The van der Waals surface area contributed by atoms with E-state index in [0.29, 0.717) is 0 Å². The number of rotatable bonds is 5. The molecule has 1 saturated heterocycles. The lowest BCUT2D eigenvalue weighted by molar-refractivity contribution is -0.141. The lowest BCUT2D eigenvalue weighted by Crippen LogP contribution is -2.41. The highest BCUT2D eigenvalue weighted by atomic mass is 32.2. The molecule has 0 radical (unpaired) electrons. The Bertz CT molecular complexity index is 491. The van der Waals surface area contributed by atoms with Gasteiger partial charge in [-0.1, -0.05) is 0 Å². The molecule has 11 heteroatoms. The zero-order valence-corrected chi connectivity index (χ0v) is 11.1. The Morgan fingerprint density at radius 2 is 2.05 bits per heavy atom. The van der Waals surface area contributed by atoms with Crippen LogP contribution in [0.25, 0.3) is 0 Å². The van der Waals surface area contributed by atoms with Gasteiger partial charge in [0.25, 0.3) is 0 Å². The van der Waals surface area contributed by atoms with Crippen LogP contribution in [-0.4, -0.2) is 56.7 Å². The van der Waals surface area contributed by atoms with Gasteiger partial charge in [0.1, 0.15) is 6.54 Å². The predicted molar refractivity (Wildman–Crippen MR) is 61.7 cm³/mol. The topological polar surface area (TPSA) is 110 Å². The average Bonchev–Trinajstić information content (AvgIpc) is 2.52. The van der Waals surface area contributed by atoms with Crippen LogP contribution in [0.15, 0.2) is 0 Å². The molecule has 1 aliphatic rings. The van der Waals surface area contributed by atoms with E-state index in [-0.39, 0.29) is 13.0 Å². The number of carbonyl (C=O) groups is 2. The Kier molecular flexibility index (Phi) is 4.97. The van der Waals surface area contributed by atoms with Crippen molar-refractivity contribution in [1.82, 2.24) is 10.2 Å². The number of sulfonamides is 1. The van der Waals surface area contributed by atoms with Crippen LogP contribution in [-0.2, 0) is 19.6 Å². The van der Waals surface area contributed by atoms with E-state index in [2.05, 4.69) is 0 Å². The maximum absolute atomic E-state index is 11.9. The summed E-state index contributed by atoms with van der Waals surface area (Å²) in [6.07, 6.45) is -4.62. The van der Waals surface area contributed by atoms with E-state index in [9.17, 15) is 31.2 Å². The number of nitrogens with one attached hydrogen (secondary N) is 1. The number of halogens is 3. The van der Waals surface area contributed by atoms with Gasteiger partial charge in [0.05, 0.1) is 12.3 Å². The van der Waals surface area contributed by atoms with Crippen molar-refractivity contribution in [3.63, 3.8) is 0 Å². The minimum absolute atomic E-state index is 0.0191. The van der Waals surface area contributed by atoms with Gasteiger partial charge >= 0.3 is 6.18 Å². The van der Waals surface area contributed by atoms with Crippen molar-refractivity contribution in [1.29, 1.82) is 0 Å². The Balaban J connectivity index is 2.45. The molecule has 7 nitrogen and oxygen atoms in total. The second-order valence-corrected chi connectivity index (χ2v) is 6.22. The third-order valence-corrected chi connectivity index (χ3v) is 3.52. The van der Waals surface area contributed by atoms with Gasteiger partial charge in [-0.05, 0) is 0 Å². The van der Waals surface area contributed by atoms with Crippen molar-refractivity contribution in [2.75, 3.05) is 25.4 Å². The third kappa shape index (κ3) is 6.19. The number of nitrogens with two attached hydrogens (primary N) is 1. The van der Waals surface area contributed by atoms with E-state index < -0.39 is 52.8 Å². The number of hydrogen-bond acceptors (Lipinski definition) is 4. The minimum atomic E-state index is -4.53. The molecule has 116 valence electrons. The highest BCUT2D eigenvalue weighted by Crippen LogP contribution is 2.18. The number of nitrogens with zero attached hydrogens (tertiary/aromatic N) is 1. The molecule has 1 heterocycles. The van der Waals surface area contributed by atoms with Crippen LogP contribution in [0, 0.1) is 5.92 Å². The van der Waals surface area contributed by atoms with E-state index >= 15 is 0 Å². The molecule has 1 atom stereocenters. The summed E-state index contributed by atoms with van der Waals surface area (Å²) in [5.74, 6) is -2.39. The number of primary sulfonamides is 1. The largest absolute Gasteiger partial charge is 0.405 e. The molecule has 0 aliphatic carbocycles. The molecule has 0 saturated carbocycles. The number of alkyl halides is 3. The van der Waals surface area contributed by atoms with Crippen molar-refractivity contribution in [3.05, 3.63) is 0 Å². The molecule has 3 N–H and O–H groups in total. The van der Waals surface area contributed by atoms with Gasteiger partial charge in [0.15, 0.2) is 0 Å². The first-order chi connectivity index (χ1) is 8.96. The Hall–Kier alpha value is -1.36. The van der Waals surface area contributed by atoms with Crippen LogP contribution in [0.2, 0.25) is 0 Å². The van der Waals surface area contributed by atoms with Crippen LogP contribution < -0.4 is 10.5 Å². The molecule has 1 rings (SSSR count). The third-order valence-electron chi connectivity index (χ3n) is 2.58. The smallest absolute Gasteiger partial charge is 0.345 e. The van der Waals surface area contributed by atoms with E-state index in [1.54, 1.807) is 5.32 Å². The summed E-state index contributed by atoms with van der Waals surface area (Å²) in [6, 6.07) is 0. The summed E-state index contributed by atoms with van der Waals surface area (Å²) < 4.78 is 57.4. The van der Waals surface area contributed by atoms with Gasteiger partial charge in [-0.25, -0.2) is 13.6 Å². The highest BCUT2D eigenvalue weighted by Gasteiger charge is 2.33. The molecule has 0 bridgehead atoms. The van der Waals surface area contributed by atoms with E-state index in [0.717, 1.165) is 4.90 Å². The first-order valence-electron chi connectivity index (χ1n) is 5.58. The second-order valence-electron chi connectivity index (χ2n) is 4.57. The van der Waals surface area contributed by atoms with Crippen LogP contribution in [0.3, 0.4) is 0 Å². The molecule has 0 spiro atoms. The van der Waals surface area contributed by atoms with Crippen molar-refractivity contribution in [3.8, 4) is 0 Å². The fourth-order valence-corrected chi connectivity index (χ4v) is 2.76. The number of amides is 2. The normalized spacial score (nSPS) is 20.3. The summed E-state index contributed by atoms with van der Waals surface area (Å²) in [6.45, 7) is -2.03. The van der Waals surface area contributed by atoms with Crippen LogP contribution in [0.5, 0.6) is 0 Å². The number of carbonyl (C=O) groups excluding carboxylic acids is 2. The van der Waals surface area contributed by atoms with Crippen molar-refractivity contribution in [2.24, 2.45) is 11.1 Å². The molecular weight excluding hydrogens is 303 g/mol. The van der Waals surface area contributed by atoms with Crippen molar-refractivity contribution >= 4 is 21.8 Å². The fraction of sp³-hybridized carbons (Fsp3) is 0.778. The predicted octanol–water partition coefficient (Wildman–Crippen LogP) is -1.20. The van der Waals surface area contributed by atoms with Gasteiger partial charge < -0.3 is 10.2 Å². The van der Waals surface area contributed by atoms with Crippen LogP contribution >= 0.6 is 0 Å².